The van der Waals surface area contributed by atoms with E-state index in [9.17, 15) is 0 Å². The zero-order chi connectivity index (χ0) is 17.7. The van der Waals surface area contributed by atoms with Crippen molar-refractivity contribution in [1.29, 1.82) is 0 Å². The van der Waals surface area contributed by atoms with Gasteiger partial charge in [0.25, 0.3) is 0 Å². The molecule has 4 heterocycles. The van der Waals surface area contributed by atoms with Crippen LogP contribution in [0.5, 0.6) is 0 Å². The van der Waals surface area contributed by atoms with Crippen LogP contribution < -0.4 is 0 Å². The molecular formula is C20H10I2N2S2. The van der Waals surface area contributed by atoms with Gasteiger partial charge in [-0.2, -0.15) is 0 Å². The Balaban J connectivity index is 1.76. The van der Waals surface area contributed by atoms with Crippen molar-refractivity contribution in [2.45, 2.75) is 0 Å². The van der Waals surface area contributed by atoms with E-state index in [-0.39, 0.29) is 0 Å². The van der Waals surface area contributed by atoms with Gasteiger partial charge in [-0.15, -0.1) is 22.7 Å². The lowest BCUT2D eigenvalue weighted by Crippen LogP contribution is -1.89. The number of hydrogen-bond donors (Lipinski definition) is 0. The molecule has 0 atom stereocenters. The molecule has 0 saturated heterocycles. The maximum Gasteiger partial charge on any atom is 0.0972 e. The number of fused-ring (bicyclic) bond motifs is 3. The Bertz CT molecular complexity index is 1170. The molecule has 0 aliphatic rings. The van der Waals surface area contributed by atoms with Gasteiger partial charge in [0.2, 0.25) is 0 Å². The molecule has 4 aromatic heterocycles. The Kier molecular flexibility index (Phi) is 4.46. The van der Waals surface area contributed by atoms with Crippen LogP contribution in [0.3, 0.4) is 0 Å². The topological polar surface area (TPSA) is 25.8 Å². The molecular weight excluding hydrogens is 586 g/mol. The van der Waals surface area contributed by atoms with Crippen molar-refractivity contribution in [3.63, 3.8) is 0 Å². The van der Waals surface area contributed by atoms with E-state index < -0.39 is 0 Å². The second-order valence-electron chi connectivity index (χ2n) is 5.81. The van der Waals surface area contributed by atoms with Crippen LogP contribution in [0.15, 0.2) is 60.7 Å². The summed E-state index contributed by atoms with van der Waals surface area (Å²) in [6, 6.07) is 21.3. The second kappa shape index (κ2) is 6.81. The average molecular weight is 596 g/mol. The highest BCUT2D eigenvalue weighted by atomic mass is 127. The van der Waals surface area contributed by atoms with Gasteiger partial charge in [0.1, 0.15) is 0 Å². The first-order chi connectivity index (χ1) is 12.7. The monoisotopic (exact) mass is 596 g/mol. The van der Waals surface area contributed by atoms with Crippen molar-refractivity contribution in [2.75, 3.05) is 0 Å². The summed E-state index contributed by atoms with van der Waals surface area (Å²) in [4.78, 5) is 12.3. The van der Waals surface area contributed by atoms with Gasteiger partial charge < -0.3 is 0 Å². The first-order valence-electron chi connectivity index (χ1n) is 7.89. The van der Waals surface area contributed by atoms with E-state index in [0.29, 0.717) is 0 Å². The van der Waals surface area contributed by atoms with Crippen molar-refractivity contribution >= 4 is 89.7 Å². The van der Waals surface area contributed by atoms with Gasteiger partial charge >= 0.3 is 0 Å². The maximum atomic E-state index is 4.97. The molecule has 126 valence electrons. The normalized spacial score (nSPS) is 11.5. The third kappa shape index (κ3) is 3.06. The maximum absolute atomic E-state index is 4.97. The van der Waals surface area contributed by atoms with E-state index in [1.165, 1.54) is 15.5 Å². The van der Waals surface area contributed by atoms with E-state index in [2.05, 4.69) is 106 Å². The predicted octanol–water partition coefficient (Wildman–Crippen LogP) is 7.45. The smallest absolute Gasteiger partial charge is 0.0972 e. The summed E-state index contributed by atoms with van der Waals surface area (Å²) in [7, 11) is 0. The third-order valence-electron chi connectivity index (χ3n) is 4.17. The van der Waals surface area contributed by atoms with Crippen LogP contribution in [-0.4, -0.2) is 9.97 Å². The van der Waals surface area contributed by atoms with Gasteiger partial charge in [-0.05, 0) is 81.6 Å². The van der Waals surface area contributed by atoms with Crippen LogP contribution in [0, 0.1) is 5.77 Å². The molecule has 0 aliphatic heterocycles. The van der Waals surface area contributed by atoms with E-state index in [1.54, 1.807) is 22.7 Å². The van der Waals surface area contributed by atoms with Crippen LogP contribution >= 0.6 is 67.9 Å². The molecule has 5 rings (SSSR count). The van der Waals surface area contributed by atoms with E-state index in [4.69, 9.17) is 9.97 Å². The average Bonchev–Trinajstić information content (AvgIpc) is 3.29. The van der Waals surface area contributed by atoms with Crippen molar-refractivity contribution in [3.8, 4) is 21.1 Å². The van der Waals surface area contributed by atoms with Gasteiger partial charge in [-0.3, -0.25) is 0 Å². The highest BCUT2D eigenvalue weighted by molar-refractivity contribution is 14.1. The molecule has 0 radical (unpaired) electrons. The molecule has 0 fully saturated rings. The number of aromatic nitrogens is 2. The van der Waals surface area contributed by atoms with Crippen molar-refractivity contribution in [2.24, 2.45) is 0 Å². The van der Waals surface area contributed by atoms with E-state index in [1.807, 2.05) is 0 Å². The number of rotatable bonds is 2. The number of halogens is 2. The summed E-state index contributed by atoms with van der Waals surface area (Å²) in [6.07, 6.45) is 0. The van der Waals surface area contributed by atoms with Crippen LogP contribution in [0.25, 0.3) is 42.9 Å². The molecule has 0 bridgehead atoms. The second-order valence-corrected chi connectivity index (χ2v) is 11.8. The number of nitrogens with zero attached hydrogens (tertiary/aromatic N) is 2. The quantitative estimate of drug-likeness (QED) is 0.156. The summed E-state index contributed by atoms with van der Waals surface area (Å²) < 4.78 is 2.54. The molecule has 0 aliphatic carbocycles. The van der Waals surface area contributed by atoms with E-state index >= 15 is 0 Å². The van der Waals surface area contributed by atoms with Crippen LogP contribution in [-0.2, 0) is 0 Å². The lowest BCUT2D eigenvalue weighted by Gasteiger charge is -2.06. The zero-order valence-electron chi connectivity index (χ0n) is 13.2. The highest BCUT2D eigenvalue weighted by Gasteiger charge is 2.10. The number of thiophene rings is 2. The minimum absolute atomic E-state index is 0.969. The first-order valence-corrected chi connectivity index (χ1v) is 11.7. The molecule has 0 spiro atoms. The van der Waals surface area contributed by atoms with Gasteiger partial charge in [0.05, 0.1) is 37.9 Å². The molecule has 5 aromatic rings. The summed E-state index contributed by atoms with van der Waals surface area (Å²) in [6.45, 7) is 0. The number of pyridine rings is 2. The SMILES string of the molecule is Ic1ccc(-c2ccc3ccc4ccc(-c5ccc(I)s5)nc4c3n2)s1. The third-order valence-corrected chi connectivity index (χ3v) is 8.00. The van der Waals surface area contributed by atoms with Crippen molar-refractivity contribution in [1.82, 2.24) is 9.97 Å². The Hall–Kier alpha value is -1.10. The van der Waals surface area contributed by atoms with Crippen LogP contribution in [0.1, 0.15) is 0 Å². The van der Waals surface area contributed by atoms with Gasteiger partial charge in [-0.1, -0.05) is 24.3 Å². The fraction of sp³-hybridized carbons (Fsp3) is 0. The first kappa shape index (κ1) is 17.0. The highest BCUT2D eigenvalue weighted by Crippen LogP contribution is 2.33. The minimum atomic E-state index is 0.969. The molecule has 0 saturated carbocycles. The molecule has 26 heavy (non-hydrogen) atoms. The lowest BCUT2D eigenvalue weighted by atomic mass is 10.1. The Labute approximate surface area is 185 Å². The summed E-state index contributed by atoms with van der Waals surface area (Å²) in [5.74, 6) is 0. The van der Waals surface area contributed by atoms with Gasteiger partial charge in [0.15, 0.2) is 0 Å². The largest absolute Gasteiger partial charge is 0.245 e. The summed E-state index contributed by atoms with van der Waals surface area (Å²) in [5.41, 5.74) is 3.96. The predicted molar refractivity (Wildman–Crippen MR) is 129 cm³/mol. The molecule has 2 nitrogen and oxygen atoms in total. The Morgan fingerprint density at radius 3 is 1.35 bits per heavy atom. The van der Waals surface area contributed by atoms with Crippen molar-refractivity contribution in [3.05, 3.63) is 66.4 Å². The molecule has 0 amide bonds. The number of hydrogen-bond acceptors (Lipinski definition) is 4. The van der Waals surface area contributed by atoms with Crippen molar-refractivity contribution < 1.29 is 0 Å². The zero-order valence-corrected chi connectivity index (χ0v) is 19.2. The van der Waals surface area contributed by atoms with Gasteiger partial charge in [-0.25, -0.2) is 9.97 Å². The lowest BCUT2D eigenvalue weighted by molar-refractivity contribution is 1.38. The Morgan fingerprint density at radius 1 is 0.538 bits per heavy atom. The fourth-order valence-electron chi connectivity index (χ4n) is 2.95. The summed E-state index contributed by atoms with van der Waals surface area (Å²) in [5, 5.41) is 2.25. The minimum Gasteiger partial charge on any atom is -0.245 e. The molecule has 6 heteroatoms. The Morgan fingerprint density at radius 2 is 0.962 bits per heavy atom. The molecule has 0 unspecified atom stereocenters. The molecule has 0 N–H and O–H groups in total. The van der Waals surface area contributed by atoms with Crippen LogP contribution in [0.2, 0.25) is 0 Å². The number of benzene rings is 1. The fourth-order valence-corrected chi connectivity index (χ4v) is 6.13. The van der Waals surface area contributed by atoms with Gasteiger partial charge in [0, 0.05) is 10.8 Å². The summed E-state index contributed by atoms with van der Waals surface area (Å²) >= 11 is 8.23. The molecule has 1 aromatic carbocycles. The van der Waals surface area contributed by atoms with Crippen LogP contribution in [0.4, 0.5) is 0 Å². The standard InChI is InChI=1S/C20H10I2N2S2/c21-17-9-7-15(25-17)13-5-3-11-1-2-12-4-6-14(16-8-10-18(22)26-16)24-20(12)19(11)23-13/h1-10H. The van der Waals surface area contributed by atoms with E-state index in [0.717, 1.165) is 33.2 Å².